The molecular formula is C16H19N3O3. The maximum atomic E-state index is 11.8. The summed E-state index contributed by atoms with van der Waals surface area (Å²) in [5.41, 5.74) is 1.64. The first kappa shape index (κ1) is 14.7. The summed E-state index contributed by atoms with van der Waals surface area (Å²) in [6, 6.07) is 9.61. The van der Waals surface area contributed by atoms with E-state index in [1.165, 1.54) is 0 Å². The van der Waals surface area contributed by atoms with E-state index in [9.17, 15) is 4.79 Å². The smallest absolute Gasteiger partial charge is 0.366 e. The van der Waals surface area contributed by atoms with Crippen molar-refractivity contribution in [1.82, 2.24) is 10.1 Å². The quantitative estimate of drug-likeness (QED) is 0.847. The lowest BCUT2D eigenvalue weighted by atomic mass is 10.1. The number of nitrogens with one attached hydrogen (secondary N) is 1. The third kappa shape index (κ3) is 3.52. The molecule has 22 heavy (non-hydrogen) atoms. The second-order valence-corrected chi connectivity index (χ2v) is 5.14. The van der Waals surface area contributed by atoms with Crippen molar-refractivity contribution >= 4 is 6.21 Å². The van der Waals surface area contributed by atoms with Gasteiger partial charge in [0.1, 0.15) is 5.56 Å². The fourth-order valence-corrected chi connectivity index (χ4v) is 2.43. The predicted molar refractivity (Wildman–Crippen MR) is 84.5 cm³/mol. The highest BCUT2D eigenvalue weighted by molar-refractivity contribution is 5.88. The number of hydrogen-bond donors (Lipinski definition) is 1. The zero-order valence-electron chi connectivity index (χ0n) is 12.3. The van der Waals surface area contributed by atoms with E-state index in [2.05, 4.69) is 15.0 Å². The number of rotatable bonds is 5. The Morgan fingerprint density at radius 2 is 2.00 bits per heavy atom. The third-order valence-electron chi connectivity index (χ3n) is 3.67. The molecule has 0 bridgehead atoms. The van der Waals surface area contributed by atoms with Crippen molar-refractivity contribution in [3.63, 3.8) is 0 Å². The van der Waals surface area contributed by atoms with Gasteiger partial charge in [0.15, 0.2) is 0 Å². The molecule has 1 saturated heterocycles. The van der Waals surface area contributed by atoms with Crippen molar-refractivity contribution in [1.29, 1.82) is 0 Å². The van der Waals surface area contributed by atoms with E-state index in [0.29, 0.717) is 17.8 Å². The van der Waals surface area contributed by atoms with Crippen LogP contribution < -0.4 is 5.63 Å². The first-order chi connectivity index (χ1) is 10.8. The van der Waals surface area contributed by atoms with Crippen molar-refractivity contribution in [2.75, 3.05) is 39.4 Å². The molecule has 1 aliphatic rings. The van der Waals surface area contributed by atoms with Crippen molar-refractivity contribution in [2.45, 2.75) is 0 Å². The number of aromatic nitrogens is 1. The number of ether oxygens (including phenoxy) is 1. The number of morpholine rings is 1. The monoisotopic (exact) mass is 301 g/mol. The van der Waals surface area contributed by atoms with Crippen LogP contribution in [0.3, 0.4) is 0 Å². The standard InChI is InChI=1S/C16H19N3O3/c20-16-14(12-17-6-7-19-8-10-21-11-9-19)15(18-22-16)13-4-2-1-3-5-13/h1-5,12,18H,6-11H2. The van der Waals surface area contributed by atoms with E-state index in [1.54, 1.807) is 6.21 Å². The van der Waals surface area contributed by atoms with Gasteiger partial charge < -0.3 is 9.26 Å². The number of aromatic amines is 1. The molecule has 0 aliphatic carbocycles. The Morgan fingerprint density at radius 1 is 1.23 bits per heavy atom. The van der Waals surface area contributed by atoms with Crippen LogP contribution in [0.1, 0.15) is 5.56 Å². The summed E-state index contributed by atoms with van der Waals surface area (Å²) in [7, 11) is 0. The summed E-state index contributed by atoms with van der Waals surface area (Å²) in [5.74, 6) is 0. The average molecular weight is 301 g/mol. The minimum Gasteiger partial charge on any atom is -0.379 e. The van der Waals surface area contributed by atoms with E-state index >= 15 is 0 Å². The molecule has 1 aliphatic heterocycles. The van der Waals surface area contributed by atoms with Gasteiger partial charge in [-0.1, -0.05) is 30.3 Å². The molecule has 0 radical (unpaired) electrons. The van der Waals surface area contributed by atoms with Crippen molar-refractivity contribution < 1.29 is 9.26 Å². The van der Waals surface area contributed by atoms with Crippen LogP contribution in [0.4, 0.5) is 0 Å². The van der Waals surface area contributed by atoms with Crippen LogP contribution in [0.5, 0.6) is 0 Å². The summed E-state index contributed by atoms with van der Waals surface area (Å²) < 4.78 is 10.2. The predicted octanol–water partition coefficient (Wildman–Crippen LogP) is 1.39. The molecule has 1 N–H and O–H groups in total. The van der Waals surface area contributed by atoms with Gasteiger partial charge in [0.2, 0.25) is 0 Å². The highest BCUT2D eigenvalue weighted by atomic mass is 16.5. The Balaban J connectivity index is 1.66. The van der Waals surface area contributed by atoms with Gasteiger partial charge in [0.25, 0.3) is 0 Å². The second-order valence-electron chi connectivity index (χ2n) is 5.14. The molecule has 0 unspecified atom stereocenters. The second kappa shape index (κ2) is 7.20. The maximum Gasteiger partial charge on any atom is 0.366 e. The van der Waals surface area contributed by atoms with E-state index in [-0.39, 0.29) is 0 Å². The first-order valence-corrected chi connectivity index (χ1v) is 7.41. The summed E-state index contributed by atoms with van der Waals surface area (Å²) in [6.07, 6.45) is 1.60. The van der Waals surface area contributed by atoms with Crippen LogP contribution in [0.25, 0.3) is 11.3 Å². The Morgan fingerprint density at radius 3 is 2.77 bits per heavy atom. The van der Waals surface area contributed by atoms with E-state index in [0.717, 1.165) is 38.4 Å². The molecule has 2 aromatic rings. The molecule has 0 spiro atoms. The molecule has 0 amide bonds. The highest BCUT2D eigenvalue weighted by Crippen LogP contribution is 2.17. The lowest BCUT2D eigenvalue weighted by Crippen LogP contribution is -2.37. The third-order valence-corrected chi connectivity index (χ3v) is 3.67. The van der Waals surface area contributed by atoms with E-state index in [4.69, 9.17) is 9.26 Å². The number of aliphatic imine (C=N–C) groups is 1. The van der Waals surface area contributed by atoms with Crippen LogP contribution >= 0.6 is 0 Å². The Labute approximate surface area is 128 Å². The maximum absolute atomic E-state index is 11.8. The Kier molecular flexibility index (Phi) is 4.82. The van der Waals surface area contributed by atoms with Crippen molar-refractivity contribution in [3.05, 3.63) is 46.3 Å². The Bertz CT molecular complexity index is 669. The van der Waals surface area contributed by atoms with E-state index < -0.39 is 5.63 Å². The minimum atomic E-state index is -0.394. The van der Waals surface area contributed by atoms with Gasteiger partial charge >= 0.3 is 5.63 Å². The molecule has 6 nitrogen and oxygen atoms in total. The molecule has 3 rings (SSSR count). The molecule has 2 heterocycles. The van der Waals surface area contributed by atoms with Crippen LogP contribution in [0.15, 0.2) is 44.6 Å². The van der Waals surface area contributed by atoms with Crippen LogP contribution in [0, 0.1) is 0 Å². The minimum absolute atomic E-state index is 0.394. The summed E-state index contributed by atoms with van der Waals surface area (Å²) >= 11 is 0. The molecule has 1 aromatic carbocycles. The summed E-state index contributed by atoms with van der Waals surface area (Å²) in [6.45, 7) is 4.97. The zero-order chi connectivity index (χ0) is 15.2. The van der Waals surface area contributed by atoms with Gasteiger partial charge in [-0.3, -0.25) is 9.89 Å². The van der Waals surface area contributed by atoms with Gasteiger partial charge in [-0.25, -0.2) is 9.95 Å². The molecular weight excluding hydrogens is 282 g/mol. The normalized spacial score (nSPS) is 16.4. The van der Waals surface area contributed by atoms with Crippen LogP contribution in [-0.4, -0.2) is 55.7 Å². The topological polar surface area (TPSA) is 70.8 Å². The molecule has 116 valence electrons. The van der Waals surface area contributed by atoms with Crippen molar-refractivity contribution in [3.8, 4) is 11.3 Å². The zero-order valence-corrected chi connectivity index (χ0v) is 12.3. The van der Waals surface area contributed by atoms with Crippen molar-refractivity contribution in [2.24, 2.45) is 4.99 Å². The lowest BCUT2D eigenvalue weighted by Gasteiger charge is -2.25. The van der Waals surface area contributed by atoms with Gasteiger partial charge in [-0.15, -0.1) is 0 Å². The summed E-state index contributed by atoms with van der Waals surface area (Å²) in [4.78, 5) is 18.5. The first-order valence-electron chi connectivity index (χ1n) is 7.41. The van der Waals surface area contributed by atoms with E-state index in [1.807, 2.05) is 30.3 Å². The molecule has 1 fully saturated rings. The number of benzene rings is 1. The van der Waals surface area contributed by atoms with Crippen LogP contribution in [0.2, 0.25) is 0 Å². The fourth-order valence-electron chi connectivity index (χ4n) is 2.43. The molecule has 1 aromatic heterocycles. The fraction of sp³-hybridized carbons (Fsp3) is 0.375. The van der Waals surface area contributed by atoms with Gasteiger partial charge in [0.05, 0.1) is 25.5 Å². The van der Waals surface area contributed by atoms with Gasteiger partial charge in [-0.2, -0.15) is 0 Å². The Hall–Kier alpha value is -2.18. The average Bonchev–Trinajstić information content (AvgIpc) is 2.94. The number of hydrogen-bond acceptors (Lipinski definition) is 5. The summed E-state index contributed by atoms with van der Waals surface area (Å²) in [5, 5.41) is 2.67. The molecule has 0 atom stereocenters. The van der Waals surface area contributed by atoms with Crippen LogP contribution in [-0.2, 0) is 4.74 Å². The van der Waals surface area contributed by atoms with Gasteiger partial charge in [-0.05, 0) is 0 Å². The highest BCUT2D eigenvalue weighted by Gasteiger charge is 2.12. The molecule has 0 saturated carbocycles. The SMILES string of the molecule is O=c1o[nH]c(-c2ccccc2)c1C=NCCN1CCOCC1. The molecule has 6 heteroatoms. The number of H-pyrrole nitrogens is 1. The lowest BCUT2D eigenvalue weighted by molar-refractivity contribution is 0.0395. The number of nitrogens with zero attached hydrogens (tertiary/aromatic N) is 2. The van der Waals surface area contributed by atoms with Gasteiger partial charge in [0, 0.05) is 31.4 Å². The largest absolute Gasteiger partial charge is 0.379 e.